The Morgan fingerprint density at radius 3 is 2.79 bits per heavy atom. The lowest BCUT2D eigenvalue weighted by molar-refractivity contribution is 0.597. The first-order valence-corrected chi connectivity index (χ1v) is 8.02. The predicted octanol–water partition coefficient (Wildman–Crippen LogP) is 1.80. The molecule has 0 aromatic heterocycles. The molecular weight excluding hydrogens is 284 g/mol. The summed E-state index contributed by atoms with van der Waals surface area (Å²) in [5.41, 5.74) is 6.31. The van der Waals surface area contributed by atoms with Gasteiger partial charge in [0.1, 0.15) is 0 Å². The van der Waals surface area contributed by atoms with Crippen LogP contribution in [0.1, 0.15) is 18.4 Å². The lowest BCUT2D eigenvalue weighted by atomic mass is 10.2. The third-order valence-corrected chi connectivity index (χ3v) is 4.40. The molecule has 1 aromatic rings. The Hall–Kier alpha value is -1.22. The first-order valence-electron chi connectivity index (χ1n) is 5.99. The van der Waals surface area contributed by atoms with Crippen LogP contribution in [-0.2, 0) is 10.0 Å². The lowest BCUT2D eigenvalue weighted by Gasteiger charge is -2.09. The van der Waals surface area contributed by atoms with Gasteiger partial charge < -0.3 is 5.73 Å². The fourth-order valence-electron chi connectivity index (χ4n) is 1.66. The number of hydrogen-bond acceptors (Lipinski definition) is 3. The molecule has 1 aliphatic rings. The van der Waals surface area contributed by atoms with Crippen LogP contribution in [0.4, 0.5) is 5.69 Å². The zero-order valence-corrected chi connectivity index (χ0v) is 11.9. The van der Waals surface area contributed by atoms with E-state index in [1.165, 1.54) is 0 Å². The molecule has 0 aliphatic heterocycles. The number of nitrogens with two attached hydrogens (primary N) is 1. The first-order chi connectivity index (χ1) is 9.00. The van der Waals surface area contributed by atoms with Gasteiger partial charge in [-0.05, 0) is 37.0 Å². The molecule has 0 unspecified atom stereocenters. The molecule has 0 spiro atoms. The molecule has 2 rings (SSSR count). The Kier molecular flexibility index (Phi) is 4.35. The Bertz CT molecular complexity index is 628. The van der Waals surface area contributed by atoms with Crippen molar-refractivity contribution in [3.63, 3.8) is 0 Å². The Morgan fingerprint density at radius 2 is 2.16 bits per heavy atom. The van der Waals surface area contributed by atoms with E-state index in [9.17, 15) is 8.42 Å². The zero-order chi connectivity index (χ0) is 13.9. The highest BCUT2D eigenvalue weighted by atomic mass is 35.5. The number of rotatable bonds is 4. The zero-order valence-electron chi connectivity index (χ0n) is 10.3. The number of halogens is 1. The average Bonchev–Trinajstić information content (AvgIpc) is 3.10. The maximum absolute atomic E-state index is 12.0. The van der Waals surface area contributed by atoms with Crippen molar-refractivity contribution in [3.8, 4) is 11.8 Å². The van der Waals surface area contributed by atoms with Crippen LogP contribution < -0.4 is 10.5 Å². The molecule has 1 aliphatic carbocycles. The highest BCUT2D eigenvalue weighted by Gasteiger charge is 2.28. The van der Waals surface area contributed by atoms with E-state index in [4.69, 9.17) is 17.3 Å². The highest BCUT2D eigenvalue weighted by molar-refractivity contribution is 7.92. The Morgan fingerprint density at radius 1 is 1.42 bits per heavy atom. The molecule has 0 bridgehead atoms. The van der Waals surface area contributed by atoms with E-state index in [0.29, 0.717) is 16.3 Å². The molecule has 4 nitrogen and oxygen atoms in total. The molecule has 0 radical (unpaired) electrons. The van der Waals surface area contributed by atoms with Gasteiger partial charge in [0.15, 0.2) is 0 Å². The monoisotopic (exact) mass is 298 g/mol. The first kappa shape index (κ1) is 14.2. The summed E-state index contributed by atoms with van der Waals surface area (Å²) in [6.45, 7) is 0.219. The van der Waals surface area contributed by atoms with Gasteiger partial charge in [-0.3, -0.25) is 4.72 Å². The molecule has 1 aromatic carbocycles. The summed E-state index contributed by atoms with van der Waals surface area (Å²) < 4.78 is 26.5. The van der Waals surface area contributed by atoms with Gasteiger partial charge in [-0.15, -0.1) is 0 Å². The minimum Gasteiger partial charge on any atom is -0.320 e. The van der Waals surface area contributed by atoms with Crippen LogP contribution >= 0.6 is 11.6 Å². The topological polar surface area (TPSA) is 72.2 Å². The minimum atomic E-state index is -3.34. The number of benzene rings is 1. The van der Waals surface area contributed by atoms with Crippen molar-refractivity contribution in [1.82, 2.24) is 0 Å². The van der Waals surface area contributed by atoms with Crippen molar-refractivity contribution in [3.05, 3.63) is 28.8 Å². The summed E-state index contributed by atoms with van der Waals surface area (Å²) in [6, 6.07) is 4.91. The number of nitrogens with one attached hydrogen (secondary N) is 1. The van der Waals surface area contributed by atoms with Gasteiger partial charge in [-0.1, -0.05) is 23.4 Å². The molecule has 6 heteroatoms. The second-order valence-corrected chi connectivity index (χ2v) is 6.73. The second kappa shape index (κ2) is 5.83. The Labute approximate surface area is 118 Å². The van der Waals surface area contributed by atoms with Crippen LogP contribution in [0.15, 0.2) is 18.2 Å². The van der Waals surface area contributed by atoms with Gasteiger partial charge in [0.05, 0.1) is 18.0 Å². The Balaban J connectivity index is 2.24. The van der Waals surface area contributed by atoms with Crippen LogP contribution in [0.3, 0.4) is 0 Å². The normalized spacial score (nSPS) is 14.6. The van der Waals surface area contributed by atoms with Crippen LogP contribution in [0.2, 0.25) is 5.02 Å². The van der Waals surface area contributed by atoms with Gasteiger partial charge in [0, 0.05) is 10.6 Å². The molecule has 19 heavy (non-hydrogen) atoms. The highest BCUT2D eigenvalue weighted by Crippen LogP contribution is 2.31. The quantitative estimate of drug-likeness (QED) is 0.833. The second-order valence-electron chi connectivity index (χ2n) is 4.52. The van der Waals surface area contributed by atoms with E-state index < -0.39 is 10.0 Å². The SMILES string of the molecule is NCC#Cc1ccc(Cl)cc1NS(=O)(=O)CC1CC1. The summed E-state index contributed by atoms with van der Waals surface area (Å²) in [4.78, 5) is 0. The van der Waals surface area contributed by atoms with Gasteiger partial charge in [0.2, 0.25) is 10.0 Å². The summed E-state index contributed by atoms with van der Waals surface area (Å²) in [5, 5.41) is 0.461. The predicted molar refractivity (Wildman–Crippen MR) is 77.5 cm³/mol. The summed E-state index contributed by atoms with van der Waals surface area (Å²) in [5.74, 6) is 5.98. The number of sulfonamides is 1. The fraction of sp³-hybridized carbons (Fsp3) is 0.385. The molecule has 102 valence electrons. The number of anilines is 1. The third-order valence-electron chi connectivity index (χ3n) is 2.72. The molecule has 0 saturated heterocycles. The molecule has 0 atom stereocenters. The average molecular weight is 299 g/mol. The third kappa shape index (κ3) is 4.43. The molecule has 0 heterocycles. The van der Waals surface area contributed by atoms with Gasteiger partial charge >= 0.3 is 0 Å². The van der Waals surface area contributed by atoms with E-state index in [-0.39, 0.29) is 18.2 Å². The number of hydrogen-bond donors (Lipinski definition) is 2. The van der Waals surface area contributed by atoms with E-state index >= 15 is 0 Å². The van der Waals surface area contributed by atoms with Crippen molar-refractivity contribution in [2.24, 2.45) is 11.7 Å². The van der Waals surface area contributed by atoms with Crippen molar-refractivity contribution in [2.75, 3.05) is 17.0 Å². The van der Waals surface area contributed by atoms with E-state index in [1.54, 1.807) is 18.2 Å². The molecule has 3 N–H and O–H groups in total. The smallest absolute Gasteiger partial charge is 0.233 e. The van der Waals surface area contributed by atoms with Crippen LogP contribution in [0.5, 0.6) is 0 Å². The van der Waals surface area contributed by atoms with Gasteiger partial charge in [-0.2, -0.15) is 0 Å². The molecular formula is C13H15ClN2O2S. The summed E-state index contributed by atoms with van der Waals surface area (Å²) in [7, 11) is -3.34. The van der Waals surface area contributed by atoms with E-state index in [1.807, 2.05) is 0 Å². The van der Waals surface area contributed by atoms with E-state index in [2.05, 4.69) is 16.6 Å². The maximum Gasteiger partial charge on any atom is 0.233 e. The van der Waals surface area contributed by atoms with Crippen molar-refractivity contribution in [2.45, 2.75) is 12.8 Å². The molecule has 1 saturated carbocycles. The summed E-state index contributed by atoms with van der Waals surface area (Å²) >= 11 is 5.89. The lowest BCUT2D eigenvalue weighted by Crippen LogP contribution is -2.18. The molecule has 0 amide bonds. The minimum absolute atomic E-state index is 0.156. The van der Waals surface area contributed by atoms with Crippen LogP contribution in [-0.4, -0.2) is 20.7 Å². The fourth-order valence-corrected chi connectivity index (χ4v) is 3.37. The maximum atomic E-state index is 12.0. The largest absolute Gasteiger partial charge is 0.320 e. The molecule has 1 fully saturated rings. The van der Waals surface area contributed by atoms with Crippen molar-refractivity contribution >= 4 is 27.3 Å². The van der Waals surface area contributed by atoms with Gasteiger partial charge in [0.25, 0.3) is 0 Å². The van der Waals surface area contributed by atoms with Crippen molar-refractivity contribution < 1.29 is 8.42 Å². The van der Waals surface area contributed by atoms with Crippen LogP contribution in [0.25, 0.3) is 0 Å². The van der Waals surface area contributed by atoms with E-state index in [0.717, 1.165) is 12.8 Å². The van der Waals surface area contributed by atoms with Gasteiger partial charge in [-0.25, -0.2) is 8.42 Å². The van der Waals surface area contributed by atoms with Crippen molar-refractivity contribution in [1.29, 1.82) is 0 Å². The standard InChI is InChI=1S/C13H15ClN2O2S/c14-12-6-5-11(2-1-7-15)13(8-12)16-19(17,18)9-10-3-4-10/h5-6,8,10,16H,3-4,7,9,15H2. The summed E-state index contributed by atoms with van der Waals surface area (Å²) in [6.07, 6.45) is 1.96. The van der Waals surface area contributed by atoms with Crippen LogP contribution in [0, 0.1) is 17.8 Å².